The summed E-state index contributed by atoms with van der Waals surface area (Å²) in [5, 5.41) is 10.3. The molecule has 1 amide bonds. The number of hydrogen-bond acceptors (Lipinski definition) is 5. The molecule has 0 aliphatic rings. The van der Waals surface area contributed by atoms with E-state index in [0.29, 0.717) is 5.82 Å². The number of amides is 1. The van der Waals surface area contributed by atoms with Crippen LogP contribution in [-0.4, -0.2) is 16.1 Å². The minimum Gasteiger partial charge on any atom is -0.382 e. The molecular formula is C12H14N4OS. The minimum atomic E-state index is -0.249. The number of rotatable bonds is 3. The predicted octanol–water partition coefficient (Wildman–Crippen LogP) is 1.92. The van der Waals surface area contributed by atoms with Crippen molar-refractivity contribution < 1.29 is 4.79 Å². The molecule has 0 aliphatic heterocycles. The highest BCUT2D eigenvalue weighted by molar-refractivity contribution is 7.12. The number of aryl methyl sites for hydroxylation is 1. The molecule has 0 saturated heterocycles. The van der Waals surface area contributed by atoms with Gasteiger partial charge in [-0.2, -0.15) is 0 Å². The number of nitrogen functional groups attached to an aromatic ring is 1. The molecule has 2 aromatic rings. The minimum absolute atomic E-state index is 0.0458. The van der Waals surface area contributed by atoms with E-state index in [0.717, 1.165) is 4.88 Å². The zero-order valence-electron chi connectivity index (χ0n) is 10.2. The number of nitrogens with two attached hydrogens (primary N) is 1. The Bertz CT molecular complexity index is 549. The van der Waals surface area contributed by atoms with E-state index in [4.69, 9.17) is 5.73 Å². The lowest BCUT2D eigenvalue weighted by Gasteiger charge is -2.11. The van der Waals surface area contributed by atoms with Gasteiger partial charge in [-0.25, -0.2) is 0 Å². The molecule has 5 nitrogen and oxygen atoms in total. The Morgan fingerprint density at radius 2 is 2.11 bits per heavy atom. The van der Waals surface area contributed by atoms with E-state index in [-0.39, 0.29) is 17.6 Å². The van der Waals surface area contributed by atoms with Gasteiger partial charge in [-0.05, 0) is 38.1 Å². The number of aromatic nitrogens is 2. The van der Waals surface area contributed by atoms with E-state index in [1.165, 1.54) is 4.88 Å². The third-order valence-electron chi connectivity index (χ3n) is 2.45. The van der Waals surface area contributed by atoms with E-state index < -0.39 is 0 Å². The largest absolute Gasteiger partial charge is 0.382 e. The lowest BCUT2D eigenvalue weighted by atomic mass is 10.2. The van der Waals surface area contributed by atoms with Crippen LogP contribution in [0.4, 0.5) is 5.82 Å². The summed E-state index contributed by atoms with van der Waals surface area (Å²) in [6.45, 7) is 3.97. The van der Waals surface area contributed by atoms with Crippen LogP contribution in [0.15, 0.2) is 24.3 Å². The van der Waals surface area contributed by atoms with Crippen molar-refractivity contribution >= 4 is 23.1 Å². The SMILES string of the molecule is Cc1ccc(C(C)NC(=O)c2ccc(N)nn2)s1. The van der Waals surface area contributed by atoms with Crippen LogP contribution >= 0.6 is 11.3 Å². The summed E-state index contributed by atoms with van der Waals surface area (Å²) in [6.07, 6.45) is 0. The van der Waals surface area contributed by atoms with Crippen LogP contribution in [0.1, 0.15) is 33.2 Å². The van der Waals surface area contributed by atoms with Gasteiger partial charge in [0.25, 0.3) is 5.91 Å². The van der Waals surface area contributed by atoms with Crippen molar-refractivity contribution in [3.8, 4) is 0 Å². The molecule has 0 aliphatic carbocycles. The molecular weight excluding hydrogens is 248 g/mol. The fourth-order valence-electron chi connectivity index (χ4n) is 1.49. The Morgan fingerprint density at radius 1 is 1.33 bits per heavy atom. The summed E-state index contributed by atoms with van der Waals surface area (Å²) in [5.74, 6) is 0.0505. The summed E-state index contributed by atoms with van der Waals surface area (Å²) in [6, 6.07) is 7.12. The number of thiophene rings is 1. The first-order chi connectivity index (χ1) is 8.56. The maximum absolute atomic E-state index is 11.9. The Kier molecular flexibility index (Phi) is 3.57. The van der Waals surface area contributed by atoms with Gasteiger partial charge in [-0.3, -0.25) is 4.79 Å². The van der Waals surface area contributed by atoms with Crippen LogP contribution in [0.2, 0.25) is 0 Å². The molecule has 3 N–H and O–H groups in total. The van der Waals surface area contributed by atoms with Crippen LogP contribution in [0, 0.1) is 6.92 Å². The Labute approximate surface area is 109 Å². The Morgan fingerprint density at radius 3 is 2.67 bits per heavy atom. The van der Waals surface area contributed by atoms with Crippen LogP contribution < -0.4 is 11.1 Å². The van der Waals surface area contributed by atoms with Crippen molar-refractivity contribution in [2.24, 2.45) is 0 Å². The molecule has 0 radical (unpaired) electrons. The first kappa shape index (κ1) is 12.5. The fourth-order valence-corrected chi connectivity index (χ4v) is 2.37. The van der Waals surface area contributed by atoms with Crippen molar-refractivity contribution in [2.45, 2.75) is 19.9 Å². The first-order valence-corrected chi connectivity index (χ1v) is 6.34. The van der Waals surface area contributed by atoms with Crippen LogP contribution in [-0.2, 0) is 0 Å². The molecule has 18 heavy (non-hydrogen) atoms. The second-order valence-electron chi connectivity index (χ2n) is 3.99. The van der Waals surface area contributed by atoms with Crippen molar-refractivity contribution in [1.82, 2.24) is 15.5 Å². The maximum Gasteiger partial charge on any atom is 0.272 e. The lowest BCUT2D eigenvalue weighted by molar-refractivity contribution is 0.0934. The van der Waals surface area contributed by atoms with E-state index in [1.54, 1.807) is 23.5 Å². The predicted molar refractivity (Wildman–Crippen MR) is 71.4 cm³/mol. The van der Waals surface area contributed by atoms with Gasteiger partial charge >= 0.3 is 0 Å². The monoisotopic (exact) mass is 262 g/mol. The summed E-state index contributed by atoms with van der Waals surface area (Å²) >= 11 is 1.66. The lowest BCUT2D eigenvalue weighted by Crippen LogP contribution is -2.27. The van der Waals surface area contributed by atoms with E-state index in [2.05, 4.69) is 15.5 Å². The number of nitrogens with zero attached hydrogens (tertiary/aromatic N) is 2. The Balaban J connectivity index is 2.05. The van der Waals surface area contributed by atoms with E-state index in [1.807, 2.05) is 26.0 Å². The topological polar surface area (TPSA) is 80.9 Å². The Hall–Kier alpha value is -1.95. The third-order valence-corrected chi connectivity index (χ3v) is 3.64. The zero-order chi connectivity index (χ0) is 13.1. The number of anilines is 1. The number of hydrogen-bond donors (Lipinski definition) is 2. The normalized spacial score (nSPS) is 12.1. The molecule has 2 aromatic heterocycles. The fraction of sp³-hybridized carbons (Fsp3) is 0.250. The molecule has 0 spiro atoms. The number of nitrogens with one attached hydrogen (secondary N) is 1. The molecule has 2 heterocycles. The quantitative estimate of drug-likeness (QED) is 0.885. The molecule has 6 heteroatoms. The van der Waals surface area contributed by atoms with Crippen molar-refractivity contribution in [3.63, 3.8) is 0 Å². The average Bonchev–Trinajstić information content (AvgIpc) is 2.76. The van der Waals surface area contributed by atoms with Gasteiger partial charge in [0.15, 0.2) is 5.69 Å². The third kappa shape index (κ3) is 2.84. The van der Waals surface area contributed by atoms with Crippen LogP contribution in [0.3, 0.4) is 0 Å². The molecule has 0 bridgehead atoms. The molecule has 0 fully saturated rings. The first-order valence-electron chi connectivity index (χ1n) is 5.52. The summed E-state index contributed by atoms with van der Waals surface area (Å²) < 4.78 is 0. The molecule has 0 aromatic carbocycles. The summed E-state index contributed by atoms with van der Waals surface area (Å²) in [4.78, 5) is 14.2. The maximum atomic E-state index is 11.9. The molecule has 1 atom stereocenters. The highest BCUT2D eigenvalue weighted by atomic mass is 32.1. The molecule has 1 unspecified atom stereocenters. The van der Waals surface area contributed by atoms with Crippen molar-refractivity contribution in [2.75, 3.05) is 5.73 Å². The number of carbonyl (C=O) groups is 1. The summed E-state index contributed by atoms with van der Waals surface area (Å²) in [5.41, 5.74) is 5.69. The van der Waals surface area contributed by atoms with Gasteiger partial charge in [0, 0.05) is 9.75 Å². The summed E-state index contributed by atoms with van der Waals surface area (Å²) in [7, 11) is 0. The van der Waals surface area contributed by atoms with Crippen LogP contribution in [0.5, 0.6) is 0 Å². The van der Waals surface area contributed by atoms with Gasteiger partial charge < -0.3 is 11.1 Å². The smallest absolute Gasteiger partial charge is 0.272 e. The van der Waals surface area contributed by atoms with Crippen molar-refractivity contribution in [3.05, 3.63) is 39.7 Å². The van der Waals surface area contributed by atoms with Crippen LogP contribution in [0.25, 0.3) is 0 Å². The van der Waals surface area contributed by atoms with Gasteiger partial charge in [0.05, 0.1) is 6.04 Å². The second-order valence-corrected chi connectivity index (χ2v) is 5.31. The second kappa shape index (κ2) is 5.14. The number of carbonyl (C=O) groups excluding carboxylic acids is 1. The van der Waals surface area contributed by atoms with Gasteiger partial charge in [-0.15, -0.1) is 21.5 Å². The molecule has 2 rings (SSSR count). The van der Waals surface area contributed by atoms with Gasteiger partial charge in [0.2, 0.25) is 0 Å². The van der Waals surface area contributed by atoms with E-state index in [9.17, 15) is 4.79 Å². The van der Waals surface area contributed by atoms with E-state index >= 15 is 0 Å². The standard InChI is InChI=1S/C12H14N4OS/c1-7-3-5-10(18-7)8(2)14-12(17)9-4-6-11(13)16-15-9/h3-6,8H,1-2H3,(H2,13,16)(H,14,17). The van der Waals surface area contributed by atoms with Gasteiger partial charge in [0.1, 0.15) is 5.82 Å². The highest BCUT2D eigenvalue weighted by Gasteiger charge is 2.14. The highest BCUT2D eigenvalue weighted by Crippen LogP contribution is 2.22. The molecule has 0 saturated carbocycles. The van der Waals surface area contributed by atoms with Crippen molar-refractivity contribution in [1.29, 1.82) is 0 Å². The zero-order valence-corrected chi connectivity index (χ0v) is 11.0. The van der Waals surface area contributed by atoms with Gasteiger partial charge in [-0.1, -0.05) is 0 Å². The molecule has 94 valence electrons. The average molecular weight is 262 g/mol.